The van der Waals surface area contributed by atoms with E-state index in [0.717, 1.165) is 11.0 Å². The minimum absolute atomic E-state index is 0.410. The number of thiophene rings is 1. The molecule has 0 N–H and O–H groups in total. The van der Waals surface area contributed by atoms with Crippen molar-refractivity contribution in [3.8, 4) is 33.4 Å². The van der Waals surface area contributed by atoms with Crippen LogP contribution in [0.4, 0.5) is 0 Å². The SMILES string of the molecule is c1ccc(C2(c3ccccc3)c3ccccc3-c3ccc(-c4ccc(-c5c6ccccc6nc6c5sc5ccccc56)cc4)cc32)cc1. The normalized spacial score (nSPS) is 13.2. The molecule has 0 spiro atoms. The average Bonchev–Trinajstić information content (AvgIpc) is 3.68. The highest BCUT2D eigenvalue weighted by Crippen LogP contribution is 2.56. The lowest BCUT2D eigenvalue weighted by Crippen LogP contribution is -2.28. The van der Waals surface area contributed by atoms with Gasteiger partial charge in [-0.3, -0.25) is 0 Å². The fourth-order valence-corrected chi connectivity index (χ4v) is 9.30. The Kier molecular flexibility index (Phi) is 6.03. The van der Waals surface area contributed by atoms with Gasteiger partial charge in [-0.15, -0.1) is 11.3 Å². The molecule has 0 saturated heterocycles. The Morgan fingerprint density at radius 3 is 1.79 bits per heavy atom. The van der Waals surface area contributed by atoms with Gasteiger partial charge in [-0.05, 0) is 68.3 Å². The standard InChI is InChI=1S/C46H29NS/c1-3-13-33(14-4-1)46(34-15-5-2-6-16-34)39-20-10-7-17-35(39)36-28-27-32(29-40(36)46)30-23-25-31(26-24-30)43-37-18-8-11-21-41(37)47-44-38-19-9-12-22-42(38)48-45(43)44/h1-29H. The first-order valence-electron chi connectivity index (χ1n) is 16.5. The molecule has 0 saturated carbocycles. The molecule has 10 rings (SSSR count). The summed E-state index contributed by atoms with van der Waals surface area (Å²) >= 11 is 1.84. The third-order valence-electron chi connectivity index (χ3n) is 10.2. The number of benzene rings is 7. The summed E-state index contributed by atoms with van der Waals surface area (Å²) in [6.07, 6.45) is 0. The lowest BCUT2D eigenvalue weighted by atomic mass is 9.67. The number of rotatable bonds is 4. The zero-order chi connectivity index (χ0) is 31.7. The van der Waals surface area contributed by atoms with Gasteiger partial charge in [0.1, 0.15) is 0 Å². The highest BCUT2D eigenvalue weighted by molar-refractivity contribution is 7.26. The van der Waals surface area contributed by atoms with Crippen LogP contribution in [0.25, 0.3) is 64.6 Å². The van der Waals surface area contributed by atoms with Gasteiger partial charge in [0.2, 0.25) is 0 Å². The van der Waals surface area contributed by atoms with Crippen LogP contribution in [0.3, 0.4) is 0 Å². The largest absolute Gasteiger partial charge is 0.246 e. The van der Waals surface area contributed by atoms with Crippen LogP contribution < -0.4 is 0 Å². The van der Waals surface area contributed by atoms with Crippen molar-refractivity contribution >= 4 is 42.5 Å². The van der Waals surface area contributed by atoms with Gasteiger partial charge >= 0.3 is 0 Å². The van der Waals surface area contributed by atoms with Gasteiger partial charge in [0.25, 0.3) is 0 Å². The van der Waals surface area contributed by atoms with E-state index < -0.39 is 5.41 Å². The van der Waals surface area contributed by atoms with Gasteiger partial charge in [0.15, 0.2) is 0 Å². The summed E-state index contributed by atoms with van der Waals surface area (Å²) in [7, 11) is 0. The summed E-state index contributed by atoms with van der Waals surface area (Å²) in [5.41, 5.74) is 14.4. The molecule has 224 valence electrons. The molecular weight excluding hydrogens is 599 g/mol. The van der Waals surface area contributed by atoms with E-state index in [9.17, 15) is 0 Å². The Morgan fingerprint density at radius 2 is 1.02 bits per heavy atom. The molecule has 0 aliphatic heterocycles. The summed E-state index contributed by atoms with van der Waals surface area (Å²) < 4.78 is 2.51. The quantitative estimate of drug-likeness (QED) is 0.189. The molecule has 1 aliphatic carbocycles. The molecular formula is C46H29NS. The van der Waals surface area contributed by atoms with Gasteiger partial charge in [-0.1, -0.05) is 158 Å². The topological polar surface area (TPSA) is 12.9 Å². The predicted octanol–water partition coefficient (Wildman–Crippen LogP) is 12.3. The van der Waals surface area contributed by atoms with Crippen molar-refractivity contribution in [1.29, 1.82) is 0 Å². The lowest BCUT2D eigenvalue weighted by molar-refractivity contribution is 0.769. The van der Waals surface area contributed by atoms with Crippen molar-refractivity contribution in [2.75, 3.05) is 0 Å². The number of pyridine rings is 1. The van der Waals surface area contributed by atoms with E-state index >= 15 is 0 Å². The van der Waals surface area contributed by atoms with Crippen molar-refractivity contribution < 1.29 is 0 Å². The molecule has 1 aliphatic rings. The van der Waals surface area contributed by atoms with Crippen LogP contribution in [0.15, 0.2) is 176 Å². The molecule has 2 heterocycles. The van der Waals surface area contributed by atoms with E-state index in [1.165, 1.54) is 75.8 Å². The Balaban J connectivity index is 1.16. The van der Waals surface area contributed by atoms with Crippen LogP contribution in [0, 0.1) is 0 Å². The van der Waals surface area contributed by atoms with E-state index in [2.05, 4.69) is 176 Å². The predicted molar refractivity (Wildman–Crippen MR) is 203 cm³/mol. The van der Waals surface area contributed by atoms with Crippen molar-refractivity contribution in [1.82, 2.24) is 4.98 Å². The van der Waals surface area contributed by atoms with E-state index in [0.29, 0.717) is 0 Å². The highest BCUT2D eigenvalue weighted by atomic mass is 32.1. The van der Waals surface area contributed by atoms with Gasteiger partial charge in [0.05, 0.1) is 21.1 Å². The number of nitrogens with zero attached hydrogens (tertiary/aromatic N) is 1. The third kappa shape index (κ3) is 3.87. The molecule has 0 bridgehead atoms. The second kappa shape index (κ2) is 10.6. The molecule has 2 heteroatoms. The molecule has 2 aromatic heterocycles. The van der Waals surface area contributed by atoms with Crippen LogP contribution >= 0.6 is 11.3 Å². The molecule has 0 radical (unpaired) electrons. The fourth-order valence-electron chi connectivity index (χ4n) is 8.08. The number of hydrogen-bond donors (Lipinski definition) is 0. The average molecular weight is 628 g/mol. The van der Waals surface area contributed by atoms with Crippen molar-refractivity contribution in [2.45, 2.75) is 5.41 Å². The minimum Gasteiger partial charge on any atom is -0.246 e. The van der Waals surface area contributed by atoms with Crippen LogP contribution in [0.1, 0.15) is 22.3 Å². The minimum atomic E-state index is -0.410. The Morgan fingerprint density at radius 1 is 0.438 bits per heavy atom. The van der Waals surface area contributed by atoms with Crippen LogP contribution in [0.5, 0.6) is 0 Å². The summed E-state index contributed by atoms with van der Waals surface area (Å²) in [4.78, 5) is 5.14. The first kappa shape index (κ1) is 27.3. The molecule has 0 atom stereocenters. The lowest BCUT2D eigenvalue weighted by Gasteiger charge is -2.34. The van der Waals surface area contributed by atoms with Crippen LogP contribution in [0.2, 0.25) is 0 Å². The second-order valence-corrected chi connectivity index (χ2v) is 13.7. The number of fused-ring (bicyclic) bond motifs is 7. The summed E-state index contributed by atoms with van der Waals surface area (Å²) in [6, 6.07) is 64.4. The molecule has 1 nitrogen and oxygen atoms in total. The van der Waals surface area contributed by atoms with Crippen LogP contribution in [-0.2, 0) is 5.41 Å². The fraction of sp³-hybridized carbons (Fsp3) is 0.0217. The van der Waals surface area contributed by atoms with Crippen molar-refractivity contribution in [3.63, 3.8) is 0 Å². The number of hydrogen-bond acceptors (Lipinski definition) is 2. The number of aromatic nitrogens is 1. The summed E-state index contributed by atoms with van der Waals surface area (Å²) in [6.45, 7) is 0. The Labute approximate surface area is 283 Å². The monoisotopic (exact) mass is 627 g/mol. The van der Waals surface area contributed by atoms with Crippen molar-refractivity contribution in [3.05, 3.63) is 198 Å². The highest BCUT2D eigenvalue weighted by Gasteiger charge is 2.46. The maximum Gasteiger partial charge on any atom is 0.0902 e. The molecule has 48 heavy (non-hydrogen) atoms. The van der Waals surface area contributed by atoms with Crippen LogP contribution in [-0.4, -0.2) is 4.98 Å². The van der Waals surface area contributed by atoms with E-state index in [1.54, 1.807) is 0 Å². The smallest absolute Gasteiger partial charge is 0.0902 e. The van der Waals surface area contributed by atoms with Crippen molar-refractivity contribution in [2.24, 2.45) is 0 Å². The maximum absolute atomic E-state index is 5.14. The zero-order valence-electron chi connectivity index (χ0n) is 26.1. The Bertz CT molecular complexity index is 2610. The first-order chi connectivity index (χ1) is 23.8. The number of para-hydroxylation sites is 1. The maximum atomic E-state index is 5.14. The Hall–Kier alpha value is -5.83. The van der Waals surface area contributed by atoms with Gasteiger partial charge in [-0.25, -0.2) is 4.98 Å². The van der Waals surface area contributed by atoms with Gasteiger partial charge < -0.3 is 0 Å². The summed E-state index contributed by atoms with van der Waals surface area (Å²) in [5.74, 6) is 0. The van der Waals surface area contributed by atoms with E-state index in [1.807, 2.05) is 11.3 Å². The zero-order valence-corrected chi connectivity index (χ0v) is 26.9. The summed E-state index contributed by atoms with van der Waals surface area (Å²) in [5, 5.41) is 2.41. The second-order valence-electron chi connectivity index (χ2n) is 12.6. The van der Waals surface area contributed by atoms with E-state index in [-0.39, 0.29) is 0 Å². The molecule has 0 fully saturated rings. The molecule has 0 unspecified atom stereocenters. The van der Waals surface area contributed by atoms with E-state index in [4.69, 9.17) is 4.98 Å². The third-order valence-corrected chi connectivity index (χ3v) is 11.3. The molecule has 9 aromatic rings. The first-order valence-corrected chi connectivity index (χ1v) is 17.3. The molecule has 7 aromatic carbocycles. The molecule has 0 amide bonds. The van der Waals surface area contributed by atoms with Gasteiger partial charge in [-0.2, -0.15) is 0 Å². The van der Waals surface area contributed by atoms with Gasteiger partial charge in [0, 0.05) is 21.0 Å².